The summed E-state index contributed by atoms with van der Waals surface area (Å²) in [5, 5.41) is 14.7. The molecule has 0 spiro atoms. The summed E-state index contributed by atoms with van der Waals surface area (Å²) in [5.74, 6) is -0.105. The molecule has 1 amide bonds. The van der Waals surface area contributed by atoms with Crippen LogP contribution in [-0.4, -0.2) is 53.3 Å². The number of anilines is 3. The van der Waals surface area contributed by atoms with Gasteiger partial charge in [-0.05, 0) is 38.1 Å². The first-order chi connectivity index (χ1) is 18.9. The van der Waals surface area contributed by atoms with Gasteiger partial charge in [0.15, 0.2) is 0 Å². The molecule has 1 fully saturated rings. The fourth-order valence-electron chi connectivity index (χ4n) is 4.95. The second-order valence-electron chi connectivity index (χ2n) is 9.66. The van der Waals surface area contributed by atoms with Crippen molar-refractivity contribution in [2.24, 2.45) is 4.99 Å². The fraction of sp³-hybridized carbons (Fsp3) is 0.241. The number of halogens is 1. The lowest BCUT2D eigenvalue weighted by molar-refractivity contribution is -0.116. The van der Waals surface area contributed by atoms with Crippen molar-refractivity contribution in [2.75, 3.05) is 28.6 Å². The van der Waals surface area contributed by atoms with Gasteiger partial charge < -0.3 is 24.7 Å². The third kappa shape index (κ3) is 5.23. The number of hydrogen-bond acceptors (Lipinski definition) is 8. The first-order valence-corrected chi connectivity index (χ1v) is 13.2. The van der Waals surface area contributed by atoms with Crippen molar-refractivity contribution >= 4 is 40.6 Å². The summed E-state index contributed by atoms with van der Waals surface area (Å²) in [6.07, 6.45) is -0.726. The molecule has 2 N–H and O–H groups in total. The largest absolute Gasteiger partial charge is 0.403 e. The van der Waals surface area contributed by atoms with E-state index in [2.05, 4.69) is 39.6 Å². The Morgan fingerprint density at radius 3 is 2.46 bits per heavy atom. The first-order valence-electron chi connectivity index (χ1n) is 12.8. The van der Waals surface area contributed by atoms with Gasteiger partial charge in [0, 0.05) is 29.9 Å². The zero-order valence-electron chi connectivity index (χ0n) is 21.5. The number of carbonyl (C=O) groups is 1. The maximum atomic E-state index is 13.1. The monoisotopic (exact) mass is 542 g/mol. The Morgan fingerprint density at radius 2 is 1.69 bits per heavy atom. The lowest BCUT2D eigenvalue weighted by Gasteiger charge is -2.37. The fourth-order valence-corrected chi connectivity index (χ4v) is 5.21. The van der Waals surface area contributed by atoms with E-state index < -0.39 is 6.17 Å². The van der Waals surface area contributed by atoms with Gasteiger partial charge in [0.2, 0.25) is 6.17 Å². The average molecular weight is 543 g/mol. The molecule has 9 nitrogen and oxygen atoms in total. The Bertz CT molecular complexity index is 1530. The van der Waals surface area contributed by atoms with Gasteiger partial charge in [-0.1, -0.05) is 65.2 Å². The molecule has 1 unspecified atom stereocenters. The van der Waals surface area contributed by atoms with Crippen molar-refractivity contribution in [3.8, 4) is 11.5 Å². The van der Waals surface area contributed by atoms with Crippen LogP contribution in [0.4, 0.5) is 17.4 Å². The Labute approximate surface area is 230 Å². The number of amides is 1. The van der Waals surface area contributed by atoms with Crippen molar-refractivity contribution in [3.05, 3.63) is 88.9 Å². The number of aliphatic imine (C=N–C) groups is 1. The third-order valence-electron chi connectivity index (χ3n) is 6.65. The molecule has 3 aromatic carbocycles. The van der Waals surface area contributed by atoms with Crippen LogP contribution in [0.2, 0.25) is 5.02 Å². The number of nitrogens with zero attached hydrogens (tertiary/aromatic N) is 4. The van der Waals surface area contributed by atoms with E-state index in [1.54, 1.807) is 0 Å². The van der Waals surface area contributed by atoms with Crippen LogP contribution < -0.4 is 15.5 Å². The van der Waals surface area contributed by atoms with Crippen LogP contribution in [0.5, 0.6) is 0 Å². The van der Waals surface area contributed by atoms with Gasteiger partial charge >= 0.3 is 6.01 Å². The number of hydrogen-bond donors (Lipinski definition) is 2. The van der Waals surface area contributed by atoms with E-state index in [1.807, 2.05) is 72.8 Å². The highest BCUT2D eigenvalue weighted by molar-refractivity contribution is 6.33. The molecule has 0 aliphatic carbocycles. The highest BCUT2D eigenvalue weighted by Crippen LogP contribution is 2.33. The minimum absolute atomic E-state index is 0.0586. The summed E-state index contributed by atoms with van der Waals surface area (Å²) >= 11 is 6.65. The molecule has 39 heavy (non-hydrogen) atoms. The van der Waals surface area contributed by atoms with Gasteiger partial charge in [-0.3, -0.25) is 4.79 Å². The summed E-state index contributed by atoms with van der Waals surface area (Å²) in [6, 6.07) is 23.1. The molecule has 4 aromatic rings. The lowest BCUT2D eigenvalue weighted by atomic mass is 10.0. The molecular weight excluding hydrogens is 516 g/mol. The summed E-state index contributed by atoms with van der Waals surface area (Å²) in [5.41, 5.74) is 4.66. The van der Waals surface area contributed by atoms with Gasteiger partial charge in [0.25, 0.3) is 11.8 Å². The van der Waals surface area contributed by atoms with Crippen molar-refractivity contribution < 1.29 is 13.9 Å². The Balaban J connectivity index is 1.26. The van der Waals surface area contributed by atoms with Crippen LogP contribution >= 0.6 is 11.6 Å². The predicted octanol–water partition coefficient (Wildman–Crippen LogP) is 5.23. The Morgan fingerprint density at radius 1 is 0.949 bits per heavy atom. The molecule has 198 valence electrons. The van der Waals surface area contributed by atoms with E-state index in [0.717, 1.165) is 29.9 Å². The van der Waals surface area contributed by atoms with Gasteiger partial charge in [-0.2, -0.15) is 0 Å². The number of ether oxygens (including phenoxy) is 1. The molecule has 2 aliphatic heterocycles. The molecule has 1 saturated heterocycles. The number of nitrogens with one attached hydrogen (secondary N) is 2. The molecule has 0 saturated carbocycles. The zero-order chi connectivity index (χ0) is 26.9. The number of benzene rings is 3. The third-order valence-corrected chi connectivity index (χ3v) is 6.96. The van der Waals surface area contributed by atoms with E-state index in [9.17, 15) is 4.79 Å². The Hall–Kier alpha value is -4.21. The maximum absolute atomic E-state index is 13.1. The van der Waals surface area contributed by atoms with Crippen LogP contribution in [0, 0.1) is 0 Å². The molecular formula is C29H27ClN6O3. The summed E-state index contributed by atoms with van der Waals surface area (Å²) in [4.78, 5) is 20.1. The van der Waals surface area contributed by atoms with Crippen molar-refractivity contribution in [1.82, 2.24) is 10.2 Å². The zero-order valence-corrected chi connectivity index (χ0v) is 22.2. The van der Waals surface area contributed by atoms with Gasteiger partial charge in [0.05, 0.1) is 34.2 Å². The van der Waals surface area contributed by atoms with Crippen LogP contribution in [0.3, 0.4) is 0 Å². The molecule has 3 atom stereocenters. The van der Waals surface area contributed by atoms with E-state index in [0.29, 0.717) is 22.0 Å². The van der Waals surface area contributed by atoms with Crippen LogP contribution in [0.15, 0.2) is 82.2 Å². The molecule has 1 aromatic heterocycles. The van der Waals surface area contributed by atoms with E-state index >= 15 is 0 Å². The molecule has 2 aliphatic rings. The smallest absolute Gasteiger partial charge is 0.317 e. The second kappa shape index (κ2) is 10.5. The van der Waals surface area contributed by atoms with E-state index in [-0.39, 0.29) is 30.0 Å². The first kappa shape index (κ1) is 25.1. The molecule has 10 heteroatoms. The standard InChI is InChI=1S/C29H27ClN6O3/c1-17-15-36(16-18(2)38-17)20-12-13-21(23(30)14-20)28-34-35-29(39-28)33-26-27(37)31-24-11-7-6-10-22(24)25(32-26)19-8-4-3-5-9-19/h3-14,17-18,26H,15-16H2,1-2H3,(H,31,37)(H,33,35)/t17-,18+,26?. The van der Waals surface area contributed by atoms with Gasteiger partial charge in [-0.15, -0.1) is 5.10 Å². The number of carbonyl (C=O) groups excluding carboxylic acids is 1. The van der Waals surface area contributed by atoms with Crippen LogP contribution in [0.1, 0.15) is 25.0 Å². The second-order valence-corrected chi connectivity index (χ2v) is 10.1. The molecule has 0 radical (unpaired) electrons. The summed E-state index contributed by atoms with van der Waals surface area (Å²) < 4.78 is 11.7. The average Bonchev–Trinajstić information content (AvgIpc) is 3.34. The molecule has 6 rings (SSSR count). The highest BCUT2D eigenvalue weighted by Gasteiger charge is 2.28. The number of para-hydroxylation sites is 1. The number of rotatable bonds is 5. The van der Waals surface area contributed by atoms with E-state index in [1.165, 1.54) is 0 Å². The molecule has 3 heterocycles. The minimum Gasteiger partial charge on any atom is -0.403 e. The van der Waals surface area contributed by atoms with Gasteiger partial charge in [0.1, 0.15) is 0 Å². The van der Waals surface area contributed by atoms with Crippen LogP contribution in [0.25, 0.3) is 11.5 Å². The van der Waals surface area contributed by atoms with E-state index in [4.69, 9.17) is 25.7 Å². The number of benzodiazepines with no additional fused rings is 1. The van der Waals surface area contributed by atoms with Crippen molar-refractivity contribution in [1.29, 1.82) is 0 Å². The van der Waals surface area contributed by atoms with Crippen molar-refractivity contribution in [2.45, 2.75) is 32.2 Å². The van der Waals surface area contributed by atoms with Crippen LogP contribution in [-0.2, 0) is 9.53 Å². The highest BCUT2D eigenvalue weighted by atomic mass is 35.5. The SMILES string of the molecule is C[C@@H]1CN(c2ccc(-c3nnc(NC4N=C(c5ccccc5)c5ccccc5NC4=O)o3)c(Cl)c2)C[C@H](C)O1. The molecule has 0 bridgehead atoms. The summed E-state index contributed by atoms with van der Waals surface area (Å²) in [7, 11) is 0. The lowest BCUT2D eigenvalue weighted by Crippen LogP contribution is -2.45. The number of aromatic nitrogens is 2. The number of fused-ring (bicyclic) bond motifs is 1. The Kier molecular flexibility index (Phi) is 6.76. The quantitative estimate of drug-likeness (QED) is 0.356. The normalized spacial score (nSPS) is 21.0. The predicted molar refractivity (Wildman–Crippen MR) is 152 cm³/mol. The minimum atomic E-state index is -0.996. The van der Waals surface area contributed by atoms with Gasteiger partial charge in [-0.25, -0.2) is 4.99 Å². The van der Waals surface area contributed by atoms with Crippen molar-refractivity contribution in [3.63, 3.8) is 0 Å². The maximum Gasteiger partial charge on any atom is 0.317 e. The summed E-state index contributed by atoms with van der Waals surface area (Å²) in [6.45, 7) is 5.69. The topological polar surface area (TPSA) is 105 Å². The number of morpholine rings is 1.